The second-order valence-corrected chi connectivity index (χ2v) is 6.48. The lowest BCUT2D eigenvalue weighted by molar-refractivity contribution is -0.140. The van der Waals surface area contributed by atoms with Gasteiger partial charge in [-0.15, -0.1) is 0 Å². The van der Waals surface area contributed by atoms with Crippen molar-refractivity contribution in [2.24, 2.45) is 5.92 Å². The van der Waals surface area contributed by atoms with Crippen LogP contribution in [0.15, 0.2) is 42.6 Å². The Bertz CT molecular complexity index is 907. The van der Waals surface area contributed by atoms with Crippen LogP contribution in [0.2, 0.25) is 0 Å². The van der Waals surface area contributed by atoms with E-state index in [0.29, 0.717) is 17.7 Å². The first-order valence-electron chi connectivity index (χ1n) is 8.72. The van der Waals surface area contributed by atoms with Gasteiger partial charge in [0.15, 0.2) is 23.5 Å². The normalized spacial score (nSPS) is 16.0. The molecule has 1 aliphatic carbocycles. The van der Waals surface area contributed by atoms with E-state index < -0.39 is 29.5 Å². The summed E-state index contributed by atoms with van der Waals surface area (Å²) in [5.74, 6) is -2.02. The van der Waals surface area contributed by atoms with E-state index >= 15 is 0 Å². The van der Waals surface area contributed by atoms with Crippen LogP contribution in [0.1, 0.15) is 25.3 Å². The molecule has 0 N–H and O–H groups in total. The Balaban J connectivity index is 1.60. The molecule has 0 radical (unpaired) electrons. The minimum atomic E-state index is -4.48. The smallest absolute Gasteiger partial charge is 0.417 e. The molecule has 1 saturated carbocycles. The first kappa shape index (κ1) is 20.5. The molecule has 3 rings (SSSR count). The second kappa shape index (κ2) is 8.02. The highest BCUT2D eigenvalue weighted by atomic mass is 19.4. The van der Waals surface area contributed by atoms with E-state index in [-0.39, 0.29) is 30.3 Å². The summed E-state index contributed by atoms with van der Waals surface area (Å²) in [7, 11) is 0. The SMILES string of the molecule is CC(Oc1ccc(Oc2ccc(C(F)(F)F)cn2)cc1)C(=O)C1C(=O)CCC1=O. The number of hydrogen-bond donors (Lipinski definition) is 0. The van der Waals surface area contributed by atoms with E-state index in [0.717, 1.165) is 12.1 Å². The number of aromatic nitrogens is 1. The molecule has 1 aliphatic rings. The summed E-state index contributed by atoms with van der Waals surface area (Å²) in [6.45, 7) is 1.46. The first-order chi connectivity index (χ1) is 13.6. The van der Waals surface area contributed by atoms with Gasteiger partial charge in [-0.2, -0.15) is 13.2 Å². The molecule has 9 heteroatoms. The molecular formula is C20H16F3NO5. The summed E-state index contributed by atoms with van der Waals surface area (Å²) < 4.78 is 48.5. The summed E-state index contributed by atoms with van der Waals surface area (Å²) in [6.07, 6.45) is -4.65. The standard InChI is InChI=1S/C20H16F3NO5/c1-11(19(27)18-15(25)7-8-16(18)26)28-13-3-5-14(6-4-13)29-17-9-2-12(10-24-17)20(21,22)23/h2-6,9-11,18H,7-8H2,1H3. The molecule has 6 nitrogen and oxygen atoms in total. The number of ketones is 3. The van der Waals surface area contributed by atoms with Crippen molar-refractivity contribution < 1.29 is 37.0 Å². The third-order valence-corrected chi connectivity index (χ3v) is 4.37. The average molecular weight is 407 g/mol. The van der Waals surface area contributed by atoms with E-state index in [9.17, 15) is 27.6 Å². The molecule has 29 heavy (non-hydrogen) atoms. The monoisotopic (exact) mass is 407 g/mol. The summed E-state index contributed by atoms with van der Waals surface area (Å²) in [5.41, 5.74) is -0.883. The fourth-order valence-corrected chi connectivity index (χ4v) is 2.84. The van der Waals surface area contributed by atoms with Crippen molar-refractivity contribution in [2.75, 3.05) is 0 Å². The number of carbonyl (C=O) groups is 3. The van der Waals surface area contributed by atoms with Gasteiger partial charge in [-0.05, 0) is 37.3 Å². The molecule has 0 saturated heterocycles. The molecule has 1 unspecified atom stereocenters. The number of pyridine rings is 1. The van der Waals surface area contributed by atoms with E-state index in [2.05, 4.69) is 4.98 Å². The van der Waals surface area contributed by atoms with Crippen LogP contribution < -0.4 is 9.47 Å². The highest BCUT2D eigenvalue weighted by Gasteiger charge is 2.41. The zero-order valence-electron chi connectivity index (χ0n) is 15.2. The van der Waals surface area contributed by atoms with Gasteiger partial charge in [0.05, 0.1) is 5.56 Å². The minimum absolute atomic E-state index is 0.0199. The number of benzene rings is 1. The van der Waals surface area contributed by atoms with Gasteiger partial charge in [0, 0.05) is 25.1 Å². The molecule has 1 aromatic heterocycles. The van der Waals surface area contributed by atoms with Gasteiger partial charge in [0.1, 0.15) is 17.4 Å². The maximum atomic E-state index is 12.5. The Morgan fingerprint density at radius 3 is 2.14 bits per heavy atom. The van der Waals surface area contributed by atoms with Crippen LogP contribution in [0.3, 0.4) is 0 Å². The third-order valence-electron chi connectivity index (χ3n) is 4.37. The van der Waals surface area contributed by atoms with Crippen LogP contribution in [0.25, 0.3) is 0 Å². The lowest BCUT2D eigenvalue weighted by atomic mass is 9.97. The fraction of sp³-hybridized carbons (Fsp3) is 0.300. The van der Waals surface area contributed by atoms with Crippen LogP contribution in [-0.4, -0.2) is 28.4 Å². The predicted octanol–water partition coefficient (Wildman–Crippen LogP) is 3.78. The summed E-state index contributed by atoms with van der Waals surface area (Å²) in [5, 5.41) is 0. The minimum Gasteiger partial charge on any atom is -0.483 e. The van der Waals surface area contributed by atoms with E-state index in [1.54, 1.807) is 0 Å². The molecule has 0 spiro atoms. The van der Waals surface area contributed by atoms with Crippen molar-refractivity contribution >= 4 is 17.3 Å². The Labute approximate surface area is 163 Å². The van der Waals surface area contributed by atoms with E-state index in [1.807, 2.05) is 0 Å². The topological polar surface area (TPSA) is 82.6 Å². The highest BCUT2D eigenvalue weighted by Crippen LogP contribution is 2.30. The molecule has 0 bridgehead atoms. The van der Waals surface area contributed by atoms with Crippen LogP contribution in [-0.2, 0) is 20.6 Å². The van der Waals surface area contributed by atoms with Crippen molar-refractivity contribution in [3.8, 4) is 17.4 Å². The predicted molar refractivity (Wildman–Crippen MR) is 93.6 cm³/mol. The molecule has 0 aliphatic heterocycles. The summed E-state index contributed by atoms with van der Waals surface area (Å²) in [4.78, 5) is 39.3. The lowest BCUT2D eigenvalue weighted by Gasteiger charge is -2.16. The van der Waals surface area contributed by atoms with Gasteiger partial charge < -0.3 is 9.47 Å². The number of hydrogen-bond acceptors (Lipinski definition) is 6. The first-order valence-corrected chi connectivity index (χ1v) is 8.72. The number of rotatable bonds is 6. The van der Waals surface area contributed by atoms with Gasteiger partial charge in [-0.1, -0.05) is 0 Å². The molecule has 1 atom stereocenters. The lowest BCUT2D eigenvalue weighted by Crippen LogP contribution is -2.35. The van der Waals surface area contributed by atoms with Crippen LogP contribution >= 0.6 is 0 Å². The van der Waals surface area contributed by atoms with Gasteiger partial charge in [0.2, 0.25) is 5.88 Å². The van der Waals surface area contributed by atoms with Crippen LogP contribution in [0.5, 0.6) is 17.4 Å². The molecular weight excluding hydrogens is 391 g/mol. The molecule has 2 aromatic rings. The molecule has 1 aromatic carbocycles. The van der Waals surface area contributed by atoms with Gasteiger partial charge in [-0.25, -0.2) is 4.98 Å². The summed E-state index contributed by atoms with van der Waals surface area (Å²) in [6, 6.07) is 7.90. The third kappa shape index (κ3) is 4.79. The highest BCUT2D eigenvalue weighted by molar-refractivity contribution is 6.24. The molecule has 0 amide bonds. The maximum Gasteiger partial charge on any atom is 0.417 e. The number of halogens is 3. The summed E-state index contributed by atoms with van der Waals surface area (Å²) >= 11 is 0. The Hall–Kier alpha value is -3.23. The van der Waals surface area contributed by atoms with Crippen LogP contribution in [0.4, 0.5) is 13.2 Å². The number of ether oxygens (including phenoxy) is 2. The quantitative estimate of drug-likeness (QED) is 0.678. The Morgan fingerprint density at radius 1 is 1.03 bits per heavy atom. The number of carbonyl (C=O) groups excluding carboxylic acids is 3. The molecule has 1 fully saturated rings. The Morgan fingerprint density at radius 2 is 1.62 bits per heavy atom. The average Bonchev–Trinajstić information content (AvgIpc) is 3.00. The zero-order chi connectivity index (χ0) is 21.2. The van der Waals surface area contributed by atoms with Gasteiger partial charge >= 0.3 is 6.18 Å². The van der Waals surface area contributed by atoms with Crippen molar-refractivity contribution in [3.05, 3.63) is 48.2 Å². The van der Waals surface area contributed by atoms with Crippen LogP contribution in [0, 0.1) is 5.92 Å². The maximum absolute atomic E-state index is 12.5. The van der Waals surface area contributed by atoms with E-state index in [4.69, 9.17) is 9.47 Å². The fourth-order valence-electron chi connectivity index (χ4n) is 2.84. The van der Waals surface area contributed by atoms with Gasteiger partial charge in [0.25, 0.3) is 0 Å². The number of nitrogens with zero attached hydrogens (tertiary/aromatic N) is 1. The molecule has 1 heterocycles. The zero-order valence-corrected chi connectivity index (χ0v) is 15.2. The van der Waals surface area contributed by atoms with Crippen molar-refractivity contribution in [3.63, 3.8) is 0 Å². The van der Waals surface area contributed by atoms with Crippen molar-refractivity contribution in [1.82, 2.24) is 4.98 Å². The number of Topliss-reactive ketones (excluding diaryl/α,β-unsaturated/α-hetero) is 3. The number of alkyl halides is 3. The van der Waals surface area contributed by atoms with Crippen molar-refractivity contribution in [2.45, 2.75) is 32.0 Å². The van der Waals surface area contributed by atoms with E-state index in [1.165, 1.54) is 31.2 Å². The molecule has 152 valence electrons. The Kier molecular flexibility index (Phi) is 5.67. The largest absolute Gasteiger partial charge is 0.483 e. The van der Waals surface area contributed by atoms with Gasteiger partial charge in [-0.3, -0.25) is 14.4 Å². The second-order valence-electron chi connectivity index (χ2n) is 6.48. The van der Waals surface area contributed by atoms with Crippen molar-refractivity contribution in [1.29, 1.82) is 0 Å².